The largest absolute Gasteiger partial charge is 0.464 e. The molecule has 0 aliphatic carbocycles. The minimum absolute atomic E-state index is 0.307. The third-order valence-corrected chi connectivity index (χ3v) is 6.64. The number of nitrogens with zero attached hydrogens (tertiary/aromatic N) is 1. The van der Waals surface area contributed by atoms with Gasteiger partial charge in [-0.1, -0.05) is 20.8 Å². The number of hydrogen-bond acceptors (Lipinski definition) is 5. The molecule has 7 heteroatoms. The molecule has 2 rings (SSSR count). The molecular weight excluding hydrogens is 308 g/mol. The van der Waals surface area contributed by atoms with E-state index in [4.69, 9.17) is 4.42 Å². The minimum Gasteiger partial charge on any atom is -0.464 e. The van der Waals surface area contributed by atoms with Crippen LogP contribution in [-0.4, -0.2) is 42.9 Å². The van der Waals surface area contributed by atoms with Crippen molar-refractivity contribution in [1.82, 2.24) is 9.62 Å². The summed E-state index contributed by atoms with van der Waals surface area (Å²) >= 11 is 1.84. The van der Waals surface area contributed by atoms with E-state index in [1.54, 1.807) is 17.3 Å². The van der Waals surface area contributed by atoms with Gasteiger partial charge in [-0.3, -0.25) is 0 Å². The van der Waals surface area contributed by atoms with Crippen LogP contribution in [0.5, 0.6) is 0 Å². The lowest BCUT2D eigenvalue weighted by Gasteiger charge is -2.33. The van der Waals surface area contributed by atoms with Crippen LogP contribution in [0.15, 0.2) is 15.4 Å². The van der Waals surface area contributed by atoms with E-state index >= 15 is 0 Å². The fraction of sp³-hybridized carbons (Fsp3) is 0.714. The van der Waals surface area contributed by atoms with Crippen LogP contribution in [0.1, 0.15) is 32.3 Å². The summed E-state index contributed by atoms with van der Waals surface area (Å²) in [7, 11) is -3.46. The van der Waals surface area contributed by atoms with Crippen molar-refractivity contribution in [2.75, 3.05) is 19.6 Å². The van der Waals surface area contributed by atoms with Crippen molar-refractivity contribution in [1.29, 1.82) is 0 Å². The number of hydrogen-bond donors (Lipinski definition) is 1. The molecule has 0 amide bonds. The fourth-order valence-corrected chi connectivity index (χ4v) is 5.90. The molecule has 1 N–H and O–H groups in total. The van der Waals surface area contributed by atoms with Crippen molar-refractivity contribution >= 4 is 21.8 Å². The second-order valence-electron chi connectivity index (χ2n) is 5.49. The van der Waals surface area contributed by atoms with Gasteiger partial charge in [-0.15, -0.1) is 0 Å². The second-order valence-corrected chi connectivity index (χ2v) is 9.28. The number of sulfonamides is 1. The molecule has 0 aromatic carbocycles. The van der Waals surface area contributed by atoms with Gasteiger partial charge in [0.2, 0.25) is 10.0 Å². The molecule has 1 saturated heterocycles. The van der Waals surface area contributed by atoms with Gasteiger partial charge >= 0.3 is 0 Å². The Hall–Kier alpha value is -0.500. The SMILES string of the molecule is CCNCc1cc(S(=O)(=O)N2CC(C)SC(C)C2)c(C)o1. The highest BCUT2D eigenvalue weighted by molar-refractivity contribution is 8.00. The van der Waals surface area contributed by atoms with Crippen LogP contribution in [0.3, 0.4) is 0 Å². The quantitative estimate of drug-likeness (QED) is 0.896. The lowest BCUT2D eigenvalue weighted by atomic mass is 10.4. The second kappa shape index (κ2) is 6.73. The summed E-state index contributed by atoms with van der Waals surface area (Å²) in [6, 6.07) is 1.66. The fourth-order valence-electron chi connectivity index (χ4n) is 2.58. The van der Waals surface area contributed by atoms with Crippen LogP contribution < -0.4 is 5.32 Å². The Bertz CT molecular complexity index is 573. The lowest BCUT2D eigenvalue weighted by molar-refractivity contribution is 0.402. The van der Waals surface area contributed by atoms with Gasteiger partial charge in [-0.05, 0) is 13.5 Å². The molecular formula is C14H24N2O3S2. The number of aryl methyl sites for hydroxylation is 1. The molecule has 120 valence electrons. The molecule has 1 aliphatic rings. The molecule has 5 nitrogen and oxygen atoms in total. The van der Waals surface area contributed by atoms with E-state index < -0.39 is 10.0 Å². The van der Waals surface area contributed by atoms with Crippen molar-refractivity contribution < 1.29 is 12.8 Å². The lowest BCUT2D eigenvalue weighted by Crippen LogP contribution is -2.43. The van der Waals surface area contributed by atoms with Crippen LogP contribution in [0.4, 0.5) is 0 Å². The van der Waals surface area contributed by atoms with E-state index in [-0.39, 0.29) is 0 Å². The Balaban J connectivity index is 2.24. The zero-order valence-corrected chi connectivity index (χ0v) is 14.7. The first-order valence-electron chi connectivity index (χ1n) is 7.30. The van der Waals surface area contributed by atoms with Gasteiger partial charge in [-0.25, -0.2) is 8.42 Å². The molecule has 0 bridgehead atoms. The summed E-state index contributed by atoms with van der Waals surface area (Å²) in [6.45, 7) is 10.4. The summed E-state index contributed by atoms with van der Waals surface area (Å²) in [6.07, 6.45) is 0. The van der Waals surface area contributed by atoms with Crippen LogP contribution in [0.25, 0.3) is 0 Å². The smallest absolute Gasteiger partial charge is 0.246 e. The Morgan fingerprint density at radius 3 is 2.57 bits per heavy atom. The van der Waals surface area contributed by atoms with Gasteiger partial charge in [0.1, 0.15) is 16.4 Å². The molecule has 21 heavy (non-hydrogen) atoms. The topological polar surface area (TPSA) is 62.6 Å². The number of rotatable bonds is 5. The summed E-state index contributed by atoms with van der Waals surface area (Å²) in [4.78, 5) is 0.307. The Kier molecular flexibility index (Phi) is 5.40. The molecule has 0 saturated carbocycles. The molecule has 1 aromatic rings. The highest BCUT2D eigenvalue weighted by atomic mass is 32.2. The van der Waals surface area contributed by atoms with Gasteiger partial charge in [0, 0.05) is 29.7 Å². The molecule has 2 heterocycles. The normalized spacial score (nSPS) is 24.4. The van der Waals surface area contributed by atoms with Crippen LogP contribution in [-0.2, 0) is 16.6 Å². The van der Waals surface area contributed by atoms with Gasteiger partial charge in [0.15, 0.2) is 0 Å². The van der Waals surface area contributed by atoms with E-state index in [2.05, 4.69) is 19.2 Å². The first-order valence-corrected chi connectivity index (χ1v) is 9.68. The first kappa shape index (κ1) is 16.9. The Morgan fingerprint density at radius 2 is 2.00 bits per heavy atom. The predicted octanol–water partition coefficient (Wildman–Crippen LogP) is 2.21. The maximum Gasteiger partial charge on any atom is 0.246 e. The highest BCUT2D eigenvalue weighted by Crippen LogP contribution is 2.30. The van der Waals surface area contributed by atoms with E-state index in [0.29, 0.717) is 46.6 Å². The highest BCUT2D eigenvalue weighted by Gasteiger charge is 2.34. The van der Waals surface area contributed by atoms with Crippen LogP contribution >= 0.6 is 11.8 Å². The molecule has 1 fully saturated rings. The summed E-state index contributed by atoms with van der Waals surface area (Å²) < 4.78 is 32.8. The van der Waals surface area contributed by atoms with Gasteiger partial charge < -0.3 is 9.73 Å². The van der Waals surface area contributed by atoms with Gasteiger partial charge in [0.25, 0.3) is 0 Å². The molecule has 2 unspecified atom stereocenters. The van der Waals surface area contributed by atoms with Crippen LogP contribution in [0, 0.1) is 6.92 Å². The van der Waals surface area contributed by atoms with E-state index in [1.807, 2.05) is 18.7 Å². The summed E-state index contributed by atoms with van der Waals surface area (Å²) in [5.74, 6) is 1.14. The van der Waals surface area contributed by atoms with E-state index in [9.17, 15) is 8.42 Å². The first-order chi connectivity index (χ1) is 9.84. The van der Waals surface area contributed by atoms with Crippen molar-refractivity contribution in [2.24, 2.45) is 0 Å². The third-order valence-electron chi connectivity index (χ3n) is 3.48. The molecule has 0 radical (unpaired) electrons. The molecule has 0 spiro atoms. The Morgan fingerprint density at radius 1 is 1.38 bits per heavy atom. The van der Waals surface area contributed by atoms with Crippen LogP contribution in [0.2, 0.25) is 0 Å². The summed E-state index contributed by atoms with van der Waals surface area (Å²) in [5.41, 5.74) is 0. The third kappa shape index (κ3) is 3.83. The molecule has 2 atom stereocenters. The standard InChI is InChI=1S/C14H24N2O3S2/c1-5-15-7-13-6-14(12(4)19-13)21(17,18)16-8-10(2)20-11(3)9-16/h6,10-11,15H,5,7-9H2,1-4H3. The van der Waals surface area contributed by atoms with Crippen molar-refractivity contribution in [3.8, 4) is 0 Å². The maximum absolute atomic E-state index is 12.8. The number of thioether (sulfide) groups is 1. The van der Waals surface area contributed by atoms with Crippen molar-refractivity contribution in [2.45, 2.75) is 49.6 Å². The van der Waals surface area contributed by atoms with E-state index in [1.165, 1.54) is 0 Å². The minimum atomic E-state index is -3.46. The average Bonchev–Trinajstić information content (AvgIpc) is 2.77. The number of furan rings is 1. The molecule has 1 aliphatic heterocycles. The van der Waals surface area contributed by atoms with E-state index in [0.717, 1.165) is 6.54 Å². The average molecular weight is 332 g/mol. The Labute approximate surface area is 131 Å². The van der Waals surface area contributed by atoms with Crippen molar-refractivity contribution in [3.05, 3.63) is 17.6 Å². The van der Waals surface area contributed by atoms with Gasteiger partial charge in [0.05, 0.1) is 6.54 Å². The summed E-state index contributed by atoms with van der Waals surface area (Å²) in [5, 5.41) is 3.78. The zero-order valence-electron chi connectivity index (χ0n) is 13.0. The number of nitrogens with one attached hydrogen (secondary N) is 1. The predicted molar refractivity (Wildman–Crippen MR) is 86.1 cm³/mol. The van der Waals surface area contributed by atoms with Crippen molar-refractivity contribution in [3.63, 3.8) is 0 Å². The monoisotopic (exact) mass is 332 g/mol. The van der Waals surface area contributed by atoms with Gasteiger partial charge in [-0.2, -0.15) is 16.1 Å². The molecule has 1 aromatic heterocycles. The zero-order chi connectivity index (χ0) is 15.6. The maximum atomic E-state index is 12.8.